The van der Waals surface area contributed by atoms with E-state index in [9.17, 15) is 13.2 Å². The van der Waals surface area contributed by atoms with Crippen LogP contribution >= 0.6 is 0 Å². The number of nitrogens with zero attached hydrogens (tertiary/aromatic N) is 3. The lowest BCUT2D eigenvalue weighted by atomic mass is 9.96. The maximum Gasteiger partial charge on any atom is 0.243 e. The summed E-state index contributed by atoms with van der Waals surface area (Å²) in [5.41, 5.74) is 4.89. The van der Waals surface area contributed by atoms with E-state index in [1.165, 1.54) is 0 Å². The number of aryl methyl sites for hydroxylation is 3. The second-order valence-electron chi connectivity index (χ2n) is 9.83. The number of hydrogen-bond acceptors (Lipinski definition) is 5. The van der Waals surface area contributed by atoms with Crippen LogP contribution in [0.1, 0.15) is 35.1 Å². The second kappa shape index (κ2) is 10.7. The standard InChI is InChI=1S/C27H37N3O4S/c1-20-17-21(2)26(22(3)18-20)35(32,33)30-11-9-23(10-12-30)27(31)28(4)19-24-7-5-6-8-25(24)29-13-15-34-16-14-29/h5-8,17-18,23H,9-16,19H2,1-4H3. The minimum atomic E-state index is -3.58. The minimum absolute atomic E-state index is 0.0847. The molecule has 0 radical (unpaired) electrons. The number of rotatable bonds is 6. The Hall–Kier alpha value is -2.42. The van der Waals surface area contributed by atoms with Crippen LogP contribution in [0.4, 0.5) is 5.69 Å². The molecule has 0 bridgehead atoms. The van der Waals surface area contributed by atoms with Crippen molar-refractivity contribution in [1.29, 1.82) is 0 Å². The number of para-hydroxylation sites is 1. The predicted molar refractivity (Wildman–Crippen MR) is 138 cm³/mol. The molecule has 0 spiro atoms. The van der Waals surface area contributed by atoms with Gasteiger partial charge in [0, 0.05) is 51.4 Å². The Morgan fingerprint density at radius 2 is 1.60 bits per heavy atom. The van der Waals surface area contributed by atoms with Crippen LogP contribution in [0, 0.1) is 26.7 Å². The lowest BCUT2D eigenvalue weighted by molar-refractivity contribution is -0.135. The Morgan fingerprint density at radius 1 is 1.00 bits per heavy atom. The zero-order valence-corrected chi connectivity index (χ0v) is 22.1. The molecule has 2 heterocycles. The van der Waals surface area contributed by atoms with E-state index in [4.69, 9.17) is 4.74 Å². The van der Waals surface area contributed by atoms with E-state index < -0.39 is 10.0 Å². The average Bonchev–Trinajstić information content (AvgIpc) is 2.83. The third kappa shape index (κ3) is 5.55. The van der Waals surface area contributed by atoms with Gasteiger partial charge in [0.25, 0.3) is 0 Å². The fourth-order valence-corrected chi connectivity index (χ4v) is 7.33. The van der Waals surface area contributed by atoms with Crippen LogP contribution in [-0.4, -0.2) is 70.0 Å². The molecule has 35 heavy (non-hydrogen) atoms. The molecule has 2 aromatic rings. The van der Waals surface area contributed by atoms with Gasteiger partial charge in [0.15, 0.2) is 0 Å². The maximum absolute atomic E-state index is 13.4. The van der Waals surface area contributed by atoms with E-state index in [0.717, 1.165) is 41.0 Å². The summed E-state index contributed by atoms with van der Waals surface area (Å²) in [7, 11) is -1.74. The molecule has 0 N–H and O–H groups in total. The minimum Gasteiger partial charge on any atom is -0.378 e. The summed E-state index contributed by atoms with van der Waals surface area (Å²) in [6.45, 7) is 10.1. The molecule has 0 atom stereocenters. The molecule has 0 unspecified atom stereocenters. The molecule has 190 valence electrons. The summed E-state index contributed by atoms with van der Waals surface area (Å²) < 4.78 is 33.8. The van der Waals surface area contributed by atoms with Crippen LogP contribution < -0.4 is 4.90 Å². The maximum atomic E-state index is 13.4. The number of benzene rings is 2. The lowest BCUT2D eigenvalue weighted by Crippen LogP contribution is -2.43. The van der Waals surface area contributed by atoms with Crippen molar-refractivity contribution < 1.29 is 17.9 Å². The van der Waals surface area contributed by atoms with Crippen LogP contribution in [0.2, 0.25) is 0 Å². The predicted octanol–water partition coefficient (Wildman–Crippen LogP) is 3.51. The van der Waals surface area contributed by atoms with Gasteiger partial charge in [0.2, 0.25) is 15.9 Å². The summed E-state index contributed by atoms with van der Waals surface area (Å²) in [5, 5.41) is 0. The molecule has 1 amide bonds. The van der Waals surface area contributed by atoms with Gasteiger partial charge in [-0.1, -0.05) is 35.9 Å². The summed E-state index contributed by atoms with van der Waals surface area (Å²) >= 11 is 0. The molecule has 0 saturated carbocycles. The highest BCUT2D eigenvalue weighted by atomic mass is 32.2. The molecule has 8 heteroatoms. The van der Waals surface area contributed by atoms with Crippen molar-refractivity contribution in [2.75, 3.05) is 51.3 Å². The number of hydrogen-bond donors (Lipinski definition) is 0. The first-order chi connectivity index (χ1) is 16.7. The van der Waals surface area contributed by atoms with Gasteiger partial charge in [0.1, 0.15) is 0 Å². The Kier molecular flexibility index (Phi) is 7.83. The van der Waals surface area contributed by atoms with Crippen molar-refractivity contribution in [2.24, 2.45) is 5.92 Å². The number of sulfonamides is 1. The molecule has 2 fully saturated rings. The first-order valence-corrected chi connectivity index (χ1v) is 13.9. The number of amides is 1. The van der Waals surface area contributed by atoms with Gasteiger partial charge in [-0.05, 0) is 56.4 Å². The van der Waals surface area contributed by atoms with Gasteiger partial charge in [0.05, 0.1) is 18.1 Å². The number of carbonyl (C=O) groups excluding carboxylic acids is 1. The Balaban J connectivity index is 1.40. The van der Waals surface area contributed by atoms with Crippen molar-refractivity contribution in [3.63, 3.8) is 0 Å². The van der Waals surface area contributed by atoms with Gasteiger partial charge in [-0.2, -0.15) is 4.31 Å². The van der Waals surface area contributed by atoms with Gasteiger partial charge >= 0.3 is 0 Å². The quantitative estimate of drug-likeness (QED) is 0.608. The highest BCUT2D eigenvalue weighted by molar-refractivity contribution is 7.89. The van der Waals surface area contributed by atoms with Crippen molar-refractivity contribution in [2.45, 2.75) is 45.1 Å². The van der Waals surface area contributed by atoms with Crippen molar-refractivity contribution >= 4 is 21.6 Å². The Morgan fingerprint density at radius 3 is 2.23 bits per heavy atom. The van der Waals surface area contributed by atoms with E-state index in [1.807, 2.05) is 52.1 Å². The van der Waals surface area contributed by atoms with Crippen LogP contribution in [0.3, 0.4) is 0 Å². The molecule has 4 rings (SSSR count). The van der Waals surface area contributed by atoms with Crippen molar-refractivity contribution in [1.82, 2.24) is 9.21 Å². The summed E-state index contributed by atoms with van der Waals surface area (Å²) in [5.74, 6) is -0.0799. The molecular formula is C27H37N3O4S. The average molecular weight is 500 g/mol. The molecule has 2 aliphatic rings. The highest BCUT2D eigenvalue weighted by Crippen LogP contribution is 2.30. The zero-order valence-electron chi connectivity index (χ0n) is 21.3. The largest absolute Gasteiger partial charge is 0.378 e. The molecule has 7 nitrogen and oxygen atoms in total. The summed E-state index contributed by atoms with van der Waals surface area (Å²) in [4.78, 5) is 17.8. The van der Waals surface area contributed by atoms with E-state index in [2.05, 4.69) is 17.0 Å². The van der Waals surface area contributed by atoms with Crippen molar-refractivity contribution in [3.8, 4) is 0 Å². The van der Waals surface area contributed by atoms with Gasteiger partial charge in [-0.15, -0.1) is 0 Å². The van der Waals surface area contributed by atoms with Crippen molar-refractivity contribution in [3.05, 3.63) is 58.7 Å². The third-order valence-electron chi connectivity index (χ3n) is 7.13. The first kappa shape index (κ1) is 25.7. The fourth-order valence-electron chi connectivity index (χ4n) is 5.45. The monoisotopic (exact) mass is 499 g/mol. The Labute approximate surface area is 209 Å². The molecular weight excluding hydrogens is 462 g/mol. The van der Waals surface area contributed by atoms with Gasteiger partial charge < -0.3 is 14.5 Å². The van der Waals surface area contributed by atoms with Gasteiger partial charge in [-0.25, -0.2) is 8.42 Å². The molecule has 2 saturated heterocycles. The van der Waals surface area contributed by atoms with Crippen LogP contribution in [-0.2, 0) is 26.1 Å². The van der Waals surface area contributed by atoms with Crippen LogP contribution in [0.25, 0.3) is 0 Å². The number of carbonyl (C=O) groups is 1. The van der Waals surface area contributed by atoms with Gasteiger partial charge in [-0.3, -0.25) is 4.79 Å². The SMILES string of the molecule is Cc1cc(C)c(S(=O)(=O)N2CCC(C(=O)N(C)Cc3ccccc3N3CCOCC3)CC2)c(C)c1. The van der Waals surface area contributed by atoms with E-state index in [-0.39, 0.29) is 11.8 Å². The van der Waals surface area contributed by atoms with Crippen LogP contribution in [0.15, 0.2) is 41.3 Å². The summed E-state index contributed by atoms with van der Waals surface area (Å²) in [6, 6.07) is 12.1. The molecule has 0 aliphatic carbocycles. The third-order valence-corrected chi connectivity index (χ3v) is 9.34. The molecule has 2 aliphatic heterocycles. The number of morpholine rings is 1. The summed E-state index contributed by atoms with van der Waals surface area (Å²) in [6.07, 6.45) is 1.08. The molecule has 2 aromatic carbocycles. The van der Waals surface area contributed by atoms with Crippen LogP contribution in [0.5, 0.6) is 0 Å². The highest BCUT2D eigenvalue weighted by Gasteiger charge is 2.34. The molecule has 0 aromatic heterocycles. The second-order valence-corrected chi connectivity index (χ2v) is 11.7. The van der Waals surface area contributed by atoms with E-state index >= 15 is 0 Å². The smallest absolute Gasteiger partial charge is 0.243 e. The topological polar surface area (TPSA) is 70.2 Å². The van der Waals surface area contributed by atoms with E-state index in [0.29, 0.717) is 50.6 Å². The zero-order chi connectivity index (χ0) is 25.2. The normalized spacial score (nSPS) is 18.0. The van der Waals surface area contributed by atoms with E-state index in [1.54, 1.807) is 9.21 Å². The fraction of sp³-hybridized carbons (Fsp3) is 0.519. The Bertz CT molecular complexity index is 1140. The lowest BCUT2D eigenvalue weighted by Gasteiger charge is -2.34. The first-order valence-electron chi connectivity index (χ1n) is 12.4. The number of ether oxygens (including phenoxy) is 1. The number of piperidine rings is 1. The number of anilines is 1.